The van der Waals surface area contributed by atoms with E-state index in [0.717, 1.165) is 94.0 Å². The standard InChI is InChI=1S/C58H36N4/c1-3-11-43-33-45(27-17-37(43)9-1)47-35-52(46-28-18-38-10-2-4-12-44(38)34-46)57-53(36-47)56(41-23-19-39(20-24-41)48-29-31-59-54-15-7-5-13-50(48)54)61-58(62-57)42-25-21-40(22-26-42)49-30-32-60-55-16-8-6-14-51(49)55/h1-36H. The summed E-state index contributed by atoms with van der Waals surface area (Å²) in [6.45, 7) is 0. The number of hydrogen-bond donors (Lipinski definition) is 0. The topological polar surface area (TPSA) is 51.6 Å². The monoisotopic (exact) mass is 788 g/mol. The lowest BCUT2D eigenvalue weighted by atomic mass is 9.91. The van der Waals surface area contributed by atoms with Crippen molar-refractivity contribution in [2.45, 2.75) is 0 Å². The Morgan fingerprint density at radius 3 is 1.37 bits per heavy atom. The number of rotatable bonds is 6. The summed E-state index contributed by atoms with van der Waals surface area (Å²) in [5.74, 6) is 0.670. The maximum atomic E-state index is 5.50. The molecule has 0 unspecified atom stereocenters. The number of pyridine rings is 2. The van der Waals surface area contributed by atoms with Crippen LogP contribution in [-0.2, 0) is 0 Å². The van der Waals surface area contributed by atoms with Crippen molar-refractivity contribution in [3.05, 3.63) is 219 Å². The number of aromatic nitrogens is 4. The second kappa shape index (κ2) is 14.7. The van der Waals surface area contributed by atoms with Gasteiger partial charge < -0.3 is 0 Å². The van der Waals surface area contributed by atoms with Crippen molar-refractivity contribution in [2.75, 3.05) is 0 Å². The molecular weight excluding hydrogens is 753 g/mol. The molecule has 3 aromatic heterocycles. The Labute approximate surface area is 358 Å². The molecule has 0 radical (unpaired) electrons. The van der Waals surface area contributed by atoms with E-state index >= 15 is 0 Å². The average molecular weight is 789 g/mol. The summed E-state index contributed by atoms with van der Waals surface area (Å²) >= 11 is 0. The van der Waals surface area contributed by atoms with Crippen molar-refractivity contribution < 1.29 is 0 Å². The van der Waals surface area contributed by atoms with Crippen LogP contribution in [0.1, 0.15) is 0 Å². The van der Waals surface area contributed by atoms with E-state index < -0.39 is 0 Å². The van der Waals surface area contributed by atoms with E-state index in [9.17, 15) is 0 Å². The van der Waals surface area contributed by atoms with Crippen LogP contribution >= 0.6 is 0 Å². The lowest BCUT2D eigenvalue weighted by molar-refractivity contribution is 1.23. The van der Waals surface area contributed by atoms with Crippen molar-refractivity contribution in [2.24, 2.45) is 0 Å². The van der Waals surface area contributed by atoms with E-state index in [0.29, 0.717) is 5.82 Å². The average Bonchev–Trinajstić information content (AvgIpc) is 3.35. The van der Waals surface area contributed by atoms with Crippen LogP contribution in [0, 0.1) is 0 Å². The van der Waals surface area contributed by atoms with Crippen molar-refractivity contribution in [3.8, 4) is 67.2 Å². The van der Waals surface area contributed by atoms with Crippen LogP contribution in [0.25, 0.3) is 121 Å². The third-order valence-corrected chi connectivity index (χ3v) is 12.2. The Bertz CT molecular complexity index is 3680. The molecule has 288 valence electrons. The molecule has 12 rings (SSSR count). The maximum Gasteiger partial charge on any atom is 0.160 e. The Morgan fingerprint density at radius 2 is 0.758 bits per heavy atom. The quantitative estimate of drug-likeness (QED) is 0.168. The highest BCUT2D eigenvalue weighted by molar-refractivity contribution is 6.06. The smallest absolute Gasteiger partial charge is 0.160 e. The molecule has 0 saturated carbocycles. The molecule has 0 spiro atoms. The Morgan fingerprint density at radius 1 is 0.274 bits per heavy atom. The van der Waals surface area contributed by atoms with Crippen molar-refractivity contribution in [1.82, 2.24) is 19.9 Å². The van der Waals surface area contributed by atoms with E-state index in [-0.39, 0.29) is 0 Å². The normalized spacial score (nSPS) is 11.5. The largest absolute Gasteiger partial charge is 0.256 e. The summed E-state index contributed by atoms with van der Waals surface area (Å²) in [4.78, 5) is 20.2. The van der Waals surface area contributed by atoms with Gasteiger partial charge in [-0.05, 0) is 109 Å². The van der Waals surface area contributed by atoms with Crippen LogP contribution in [0.15, 0.2) is 219 Å². The highest BCUT2D eigenvalue weighted by Crippen LogP contribution is 2.41. The maximum absolute atomic E-state index is 5.50. The zero-order valence-corrected chi connectivity index (χ0v) is 33.6. The molecule has 4 heteroatoms. The molecule has 0 amide bonds. The zero-order chi connectivity index (χ0) is 41.0. The van der Waals surface area contributed by atoms with Crippen LogP contribution in [0.4, 0.5) is 0 Å². The van der Waals surface area contributed by atoms with Gasteiger partial charge in [0, 0.05) is 45.2 Å². The number of para-hydroxylation sites is 2. The van der Waals surface area contributed by atoms with Crippen LogP contribution in [0.3, 0.4) is 0 Å². The van der Waals surface area contributed by atoms with Gasteiger partial charge in [0.1, 0.15) is 0 Å². The molecule has 0 aliphatic carbocycles. The Hall–Kier alpha value is -8.34. The van der Waals surface area contributed by atoms with Gasteiger partial charge >= 0.3 is 0 Å². The van der Waals surface area contributed by atoms with Gasteiger partial charge in [0.15, 0.2) is 5.82 Å². The first-order valence-corrected chi connectivity index (χ1v) is 20.9. The fourth-order valence-electron chi connectivity index (χ4n) is 9.00. The summed E-state index contributed by atoms with van der Waals surface area (Å²) in [6.07, 6.45) is 3.77. The van der Waals surface area contributed by atoms with Gasteiger partial charge in [-0.1, -0.05) is 158 Å². The van der Waals surface area contributed by atoms with E-state index in [4.69, 9.17) is 9.97 Å². The lowest BCUT2D eigenvalue weighted by Gasteiger charge is -2.16. The summed E-state index contributed by atoms with van der Waals surface area (Å²) in [5, 5.41) is 8.04. The molecule has 0 saturated heterocycles. The highest BCUT2D eigenvalue weighted by atomic mass is 14.9. The molecule has 0 atom stereocenters. The number of nitrogens with zero attached hydrogens (tertiary/aromatic N) is 4. The molecule has 0 bridgehead atoms. The molecule has 0 aliphatic rings. The second-order valence-corrected chi connectivity index (χ2v) is 15.8. The van der Waals surface area contributed by atoms with Gasteiger partial charge in [0.2, 0.25) is 0 Å². The lowest BCUT2D eigenvalue weighted by Crippen LogP contribution is -1.98. The first-order valence-electron chi connectivity index (χ1n) is 20.9. The van der Waals surface area contributed by atoms with Gasteiger partial charge in [-0.3, -0.25) is 9.97 Å². The molecule has 3 heterocycles. The van der Waals surface area contributed by atoms with Crippen molar-refractivity contribution in [3.63, 3.8) is 0 Å². The molecule has 0 fully saturated rings. The van der Waals surface area contributed by atoms with Gasteiger partial charge in [-0.15, -0.1) is 0 Å². The van der Waals surface area contributed by atoms with E-state index in [1.807, 2.05) is 24.5 Å². The minimum atomic E-state index is 0.670. The van der Waals surface area contributed by atoms with Gasteiger partial charge in [-0.25, -0.2) is 9.97 Å². The molecular formula is C58H36N4. The van der Waals surface area contributed by atoms with Crippen molar-refractivity contribution in [1.29, 1.82) is 0 Å². The van der Waals surface area contributed by atoms with E-state index in [2.05, 4.69) is 204 Å². The predicted molar refractivity (Wildman–Crippen MR) is 258 cm³/mol. The summed E-state index contributed by atoms with van der Waals surface area (Å²) in [7, 11) is 0. The van der Waals surface area contributed by atoms with E-state index in [1.54, 1.807) is 0 Å². The number of benzene rings is 9. The third-order valence-electron chi connectivity index (χ3n) is 12.2. The van der Waals surface area contributed by atoms with Crippen LogP contribution in [-0.4, -0.2) is 19.9 Å². The molecule has 62 heavy (non-hydrogen) atoms. The fourth-order valence-corrected chi connectivity index (χ4v) is 9.00. The van der Waals surface area contributed by atoms with Gasteiger partial charge in [-0.2, -0.15) is 0 Å². The summed E-state index contributed by atoms with van der Waals surface area (Å²) in [5.41, 5.74) is 14.6. The number of hydrogen-bond acceptors (Lipinski definition) is 4. The fraction of sp³-hybridized carbons (Fsp3) is 0. The molecule has 12 aromatic rings. The minimum Gasteiger partial charge on any atom is -0.256 e. The van der Waals surface area contributed by atoms with Crippen molar-refractivity contribution >= 4 is 54.3 Å². The second-order valence-electron chi connectivity index (χ2n) is 15.8. The first-order chi connectivity index (χ1) is 30.7. The molecule has 0 aliphatic heterocycles. The summed E-state index contributed by atoms with van der Waals surface area (Å²) in [6, 6.07) is 73.4. The molecule has 0 N–H and O–H groups in total. The minimum absolute atomic E-state index is 0.670. The van der Waals surface area contributed by atoms with Crippen LogP contribution in [0.2, 0.25) is 0 Å². The SMILES string of the molecule is c1ccc2cc(-c3cc(-c4ccc5ccccc5c4)c4nc(-c5ccc(-c6ccnc7ccccc67)cc5)nc(-c5ccc(-c6ccnc7ccccc67)cc5)c4c3)ccc2c1. The summed E-state index contributed by atoms with van der Waals surface area (Å²) < 4.78 is 0. The number of fused-ring (bicyclic) bond motifs is 5. The Kier molecular flexibility index (Phi) is 8.46. The highest BCUT2D eigenvalue weighted by Gasteiger charge is 2.19. The van der Waals surface area contributed by atoms with Crippen LogP contribution < -0.4 is 0 Å². The zero-order valence-electron chi connectivity index (χ0n) is 33.6. The predicted octanol–water partition coefficient (Wildman–Crippen LogP) is 15.0. The Balaban J connectivity index is 1.09. The van der Waals surface area contributed by atoms with Crippen LogP contribution in [0.5, 0.6) is 0 Å². The molecule has 4 nitrogen and oxygen atoms in total. The van der Waals surface area contributed by atoms with E-state index in [1.165, 1.54) is 21.5 Å². The van der Waals surface area contributed by atoms with Gasteiger partial charge in [0.25, 0.3) is 0 Å². The molecule has 9 aromatic carbocycles. The van der Waals surface area contributed by atoms with Gasteiger partial charge in [0.05, 0.1) is 22.2 Å². The first kappa shape index (κ1) is 35.6. The third kappa shape index (κ3) is 6.25.